The normalized spacial score (nSPS) is 21.5. The van der Waals surface area contributed by atoms with Crippen molar-refractivity contribution in [2.45, 2.75) is 83.8 Å². The Morgan fingerprint density at radius 2 is 1.77 bits per heavy atom. The van der Waals surface area contributed by atoms with Gasteiger partial charge in [0.25, 0.3) is 0 Å². The predicted molar refractivity (Wildman–Crippen MR) is 122 cm³/mol. The van der Waals surface area contributed by atoms with Crippen molar-refractivity contribution >= 4 is 11.9 Å². The Kier molecular flexibility index (Phi) is 10.3. The quantitative estimate of drug-likeness (QED) is 0.249. The number of ether oxygens (including phenoxy) is 2. The summed E-state index contributed by atoms with van der Waals surface area (Å²) >= 11 is 0. The summed E-state index contributed by atoms with van der Waals surface area (Å²) in [6.45, 7) is 7.02. The molecule has 5 nitrogen and oxygen atoms in total. The van der Waals surface area contributed by atoms with E-state index in [9.17, 15) is 14.7 Å². The van der Waals surface area contributed by atoms with Crippen molar-refractivity contribution in [3.05, 3.63) is 48.0 Å². The van der Waals surface area contributed by atoms with Crippen LogP contribution in [0.1, 0.15) is 82.5 Å². The van der Waals surface area contributed by atoms with Crippen LogP contribution in [0.3, 0.4) is 0 Å². The fourth-order valence-electron chi connectivity index (χ4n) is 4.08. The van der Waals surface area contributed by atoms with Crippen LogP contribution in [-0.4, -0.2) is 35.4 Å². The molecule has 1 fully saturated rings. The summed E-state index contributed by atoms with van der Waals surface area (Å²) in [7, 11) is 0. The molecular formula is C26H38O5. The molecular weight excluding hydrogens is 392 g/mol. The Morgan fingerprint density at radius 3 is 2.45 bits per heavy atom. The third-order valence-electron chi connectivity index (χ3n) is 5.66. The van der Waals surface area contributed by atoms with Crippen LogP contribution in [0.15, 0.2) is 42.5 Å². The molecule has 0 spiro atoms. The van der Waals surface area contributed by atoms with E-state index in [1.165, 1.54) is 0 Å². The van der Waals surface area contributed by atoms with E-state index in [2.05, 4.69) is 32.9 Å². The molecule has 0 unspecified atom stereocenters. The maximum Gasteiger partial charge on any atom is 0.338 e. The van der Waals surface area contributed by atoms with Crippen molar-refractivity contribution in [2.24, 2.45) is 11.8 Å². The number of aliphatic carboxylic acids is 1. The van der Waals surface area contributed by atoms with Gasteiger partial charge in [0.2, 0.25) is 0 Å². The number of hydrogen-bond acceptors (Lipinski definition) is 4. The fourth-order valence-corrected chi connectivity index (χ4v) is 4.08. The van der Waals surface area contributed by atoms with Crippen LogP contribution in [-0.2, 0) is 14.3 Å². The largest absolute Gasteiger partial charge is 0.481 e. The van der Waals surface area contributed by atoms with Gasteiger partial charge in [0.05, 0.1) is 11.2 Å². The third-order valence-corrected chi connectivity index (χ3v) is 5.66. The minimum atomic E-state index is -0.795. The number of allylic oxidation sites excluding steroid dienone is 1. The fraction of sp³-hybridized carbons (Fsp3) is 0.615. The van der Waals surface area contributed by atoms with E-state index in [0.29, 0.717) is 12.0 Å². The standard InChI is InChI=1S/C26H38O5/c1-26(2,3)30-18-12-7-5-4-6-11-15-22-21(19-24(27)28)16-17-23(22)31-25(29)20-13-9-8-10-14-20/h8-11,13-15,21-23H,4-7,12,16-19H2,1-3H3,(H,27,28)/t21-,22-,23-/m1/s1. The Bertz CT molecular complexity index is 704. The molecule has 0 aliphatic heterocycles. The van der Waals surface area contributed by atoms with Gasteiger partial charge in [-0.15, -0.1) is 0 Å². The van der Waals surface area contributed by atoms with Crippen LogP contribution in [0, 0.1) is 11.8 Å². The number of carboxylic acid groups (broad SMARTS) is 1. The Balaban J connectivity index is 1.80. The van der Waals surface area contributed by atoms with E-state index in [1.54, 1.807) is 12.1 Å². The van der Waals surface area contributed by atoms with Crippen LogP contribution in [0.25, 0.3) is 0 Å². The molecule has 0 heterocycles. The molecule has 0 radical (unpaired) electrons. The Labute approximate surface area is 186 Å². The lowest BCUT2D eigenvalue weighted by molar-refractivity contribution is -0.138. The zero-order chi connectivity index (χ0) is 22.7. The first-order valence-corrected chi connectivity index (χ1v) is 11.5. The lowest BCUT2D eigenvalue weighted by Crippen LogP contribution is -2.25. The number of benzene rings is 1. The van der Waals surface area contributed by atoms with Gasteiger partial charge in [-0.2, -0.15) is 0 Å². The predicted octanol–water partition coefficient (Wildman–Crippen LogP) is 6.03. The number of esters is 1. The number of carbonyl (C=O) groups excluding carboxylic acids is 1. The summed E-state index contributed by atoms with van der Waals surface area (Å²) in [6.07, 6.45) is 11.0. The van der Waals surface area contributed by atoms with Gasteiger partial charge in [-0.25, -0.2) is 4.79 Å². The first-order valence-electron chi connectivity index (χ1n) is 11.5. The zero-order valence-corrected chi connectivity index (χ0v) is 19.2. The van der Waals surface area contributed by atoms with E-state index >= 15 is 0 Å². The maximum absolute atomic E-state index is 12.5. The molecule has 1 aliphatic carbocycles. The molecule has 0 saturated heterocycles. The maximum atomic E-state index is 12.5. The van der Waals surface area contributed by atoms with Gasteiger partial charge in [-0.05, 0) is 70.9 Å². The molecule has 3 atom stereocenters. The van der Waals surface area contributed by atoms with Crippen molar-refractivity contribution in [3.8, 4) is 0 Å². The van der Waals surface area contributed by atoms with Gasteiger partial charge in [-0.3, -0.25) is 4.79 Å². The van der Waals surface area contributed by atoms with E-state index in [-0.39, 0.29) is 35.9 Å². The lowest BCUT2D eigenvalue weighted by atomic mass is 9.91. The Morgan fingerprint density at radius 1 is 1.06 bits per heavy atom. The number of hydrogen-bond donors (Lipinski definition) is 1. The topological polar surface area (TPSA) is 72.8 Å². The van der Waals surface area contributed by atoms with Crippen molar-refractivity contribution in [1.82, 2.24) is 0 Å². The van der Waals surface area contributed by atoms with E-state index in [0.717, 1.165) is 45.1 Å². The zero-order valence-electron chi connectivity index (χ0n) is 19.2. The molecule has 0 aromatic heterocycles. The first kappa shape index (κ1) is 25.1. The van der Waals surface area contributed by atoms with Gasteiger partial charge in [0, 0.05) is 18.9 Å². The van der Waals surface area contributed by atoms with E-state index in [4.69, 9.17) is 9.47 Å². The SMILES string of the molecule is CC(C)(C)OCCCCCCC=C[C@@H]1[C@@H](CC(=O)O)CC[C@H]1OC(=O)c1ccccc1. The minimum Gasteiger partial charge on any atom is -0.481 e. The van der Waals surface area contributed by atoms with Crippen molar-refractivity contribution in [1.29, 1.82) is 0 Å². The number of carbonyl (C=O) groups is 2. The Hall–Kier alpha value is -2.14. The van der Waals surface area contributed by atoms with Crippen molar-refractivity contribution in [3.63, 3.8) is 0 Å². The van der Waals surface area contributed by atoms with Gasteiger partial charge in [-0.1, -0.05) is 43.2 Å². The second kappa shape index (κ2) is 12.7. The third kappa shape index (κ3) is 9.69. The van der Waals surface area contributed by atoms with E-state index in [1.807, 2.05) is 18.2 Å². The molecule has 1 saturated carbocycles. The number of rotatable bonds is 12. The average Bonchev–Trinajstić information content (AvgIpc) is 3.07. The van der Waals surface area contributed by atoms with Crippen LogP contribution >= 0.6 is 0 Å². The summed E-state index contributed by atoms with van der Waals surface area (Å²) in [5.74, 6) is -1.16. The van der Waals surface area contributed by atoms with Crippen LogP contribution in [0.2, 0.25) is 0 Å². The molecule has 1 aliphatic rings. The molecule has 172 valence electrons. The first-order chi connectivity index (χ1) is 14.8. The molecule has 2 rings (SSSR count). The van der Waals surface area contributed by atoms with Crippen molar-refractivity contribution in [2.75, 3.05) is 6.61 Å². The number of unbranched alkanes of at least 4 members (excludes halogenated alkanes) is 4. The summed E-state index contributed by atoms with van der Waals surface area (Å²) in [6, 6.07) is 8.96. The van der Waals surface area contributed by atoms with Crippen LogP contribution in [0.5, 0.6) is 0 Å². The average molecular weight is 431 g/mol. The molecule has 31 heavy (non-hydrogen) atoms. The second-order valence-corrected chi connectivity index (χ2v) is 9.41. The van der Waals surface area contributed by atoms with Crippen molar-refractivity contribution < 1.29 is 24.2 Å². The second-order valence-electron chi connectivity index (χ2n) is 9.41. The van der Waals surface area contributed by atoms with Gasteiger partial charge in [0.1, 0.15) is 6.10 Å². The highest BCUT2D eigenvalue weighted by Crippen LogP contribution is 2.38. The highest BCUT2D eigenvalue weighted by molar-refractivity contribution is 5.89. The van der Waals surface area contributed by atoms with E-state index < -0.39 is 5.97 Å². The monoisotopic (exact) mass is 430 g/mol. The summed E-state index contributed by atoms with van der Waals surface area (Å²) in [4.78, 5) is 23.7. The highest BCUT2D eigenvalue weighted by Gasteiger charge is 2.38. The van der Waals surface area contributed by atoms with Crippen LogP contribution in [0.4, 0.5) is 0 Å². The smallest absolute Gasteiger partial charge is 0.338 e. The molecule has 0 bridgehead atoms. The number of carboxylic acids is 1. The highest BCUT2D eigenvalue weighted by atomic mass is 16.5. The summed E-state index contributed by atoms with van der Waals surface area (Å²) in [5.41, 5.74) is 0.458. The summed E-state index contributed by atoms with van der Waals surface area (Å²) < 4.78 is 11.5. The molecule has 0 amide bonds. The van der Waals surface area contributed by atoms with Gasteiger partial charge in [0.15, 0.2) is 0 Å². The molecule has 1 N–H and O–H groups in total. The van der Waals surface area contributed by atoms with Crippen LogP contribution < -0.4 is 0 Å². The molecule has 1 aromatic carbocycles. The lowest BCUT2D eigenvalue weighted by Gasteiger charge is -2.21. The van der Waals surface area contributed by atoms with Gasteiger partial charge >= 0.3 is 11.9 Å². The van der Waals surface area contributed by atoms with Gasteiger partial charge < -0.3 is 14.6 Å². The molecule has 5 heteroatoms. The minimum absolute atomic E-state index is 0.0110. The summed E-state index contributed by atoms with van der Waals surface area (Å²) in [5, 5.41) is 9.26. The molecule has 1 aromatic rings.